The summed E-state index contributed by atoms with van der Waals surface area (Å²) in [5, 5.41) is 7.74. The van der Waals surface area contributed by atoms with Gasteiger partial charge in [-0.2, -0.15) is 0 Å². The zero-order chi connectivity index (χ0) is 15.5. The van der Waals surface area contributed by atoms with Crippen LogP contribution in [0.1, 0.15) is 10.4 Å². The molecule has 21 heavy (non-hydrogen) atoms. The Hall–Kier alpha value is -2.38. The summed E-state index contributed by atoms with van der Waals surface area (Å²) in [6, 6.07) is 12.8. The molecule has 0 fully saturated rings. The molecule has 0 aliphatic carbocycles. The van der Waals surface area contributed by atoms with Gasteiger partial charge in [-0.15, -0.1) is 0 Å². The molecule has 0 aromatic heterocycles. The van der Waals surface area contributed by atoms with Crippen LogP contribution in [0.2, 0.25) is 0 Å². The first-order valence-corrected chi connectivity index (χ1v) is 7.53. The first-order chi connectivity index (χ1) is 9.91. The molecule has 0 saturated heterocycles. The standard InChI is InChI=1S/C14H14N2O4S/c1-20-12-9-11(7-8-13(12)21(15,18)19)16-14(17)10-5-3-2-4-6-10/h2-9H,1H3,(H,16,17)(H2,15,18,19). The minimum Gasteiger partial charge on any atom is -0.495 e. The number of rotatable bonds is 4. The third-order valence-corrected chi connectivity index (χ3v) is 3.71. The number of hydrogen-bond acceptors (Lipinski definition) is 4. The third kappa shape index (κ3) is 3.59. The van der Waals surface area contributed by atoms with Gasteiger partial charge in [0, 0.05) is 17.3 Å². The number of ether oxygens (including phenoxy) is 1. The fraction of sp³-hybridized carbons (Fsp3) is 0.0714. The number of carbonyl (C=O) groups excluding carboxylic acids is 1. The van der Waals surface area contributed by atoms with Crippen LogP contribution in [0, 0.1) is 0 Å². The van der Waals surface area contributed by atoms with E-state index in [9.17, 15) is 13.2 Å². The Kier molecular flexibility index (Phi) is 4.25. The van der Waals surface area contributed by atoms with Gasteiger partial charge in [0.25, 0.3) is 5.91 Å². The Morgan fingerprint density at radius 1 is 1.14 bits per heavy atom. The van der Waals surface area contributed by atoms with E-state index in [-0.39, 0.29) is 16.6 Å². The van der Waals surface area contributed by atoms with Crippen molar-refractivity contribution in [3.05, 3.63) is 54.1 Å². The topological polar surface area (TPSA) is 98.5 Å². The minimum atomic E-state index is -3.88. The molecule has 0 saturated carbocycles. The summed E-state index contributed by atoms with van der Waals surface area (Å²) in [6.07, 6.45) is 0. The number of primary sulfonamides is 1. The smallest absolute Gasteiger partial charge is 0.255 e. The van der Waals surface area contributed by atoms with Crippen molar-refractivity contribution in [2.45, 2.75) is 4.90 Å². The van der Waals surface area contributed by atoms with E-state index < -0.39 is 10.0 Å². The molecular formula is C14H14N2O4S. The normalized spacial score (nSPS) is 11.0. The van der Waals surface area contributed by atoms with E-state index in [0.29, 0.717) is 11.3 Å². The number of anilines is 1. The van der Waals surface area contributed by atoms with E-state index in [1.165, 1.54) is 25.3 Å². The number of amides is 1. The summed E-state index contributed by atoms with van der Waals surface area (Å²) < 4.78 is 27.7. The van der Waals surface area contributed by atoms with E-state index >= 15 is 0 Å². The van der Waals surface area contributed by atoms with Crippen LogP contribution in [0.15, 0.2) is 53.4 Å². The molecule has 0 spiro atoms. The van der Waals surface area contributed by atoms with Crippen molar-refractivity contribution in [1.29, 1.82) is 0 Å². The van der Waals surface area contributed by atoms with Crippen LogP contribution in [0.3, 0.4) is 0 Å². The van der Waals surface area contributed by atoms with Crippen molar-refractivity contribution < 1.29 is 17.9 Å². The molecule has 0 bridgehead atoms. The second kappa shape index (κ2) is 5.94. The van der Waals surface area contributed by atoms with E-state index in [4.69, 9.17) is 9.88 Å². The molecule has 3 N–H and O–H groups in total. The molecule has 0 unspecified atom stereocenters. The molecule has 110 valence electrons. The highest BCUT2D eigenvalue weighted by Crippen LogP contribution is 2.26. The summed E-state index contributed by atoms with van der Waals surface area (Å²) in [5.74, 6) is -0.232. The number of methoxy groups -OCH3 is 1. The highest BCUT2D eigenvalue weighted by Gasteiger charge is 2.16. The van der Waals surface area contributed by atoms with Crippen LogP contribution in [0.25, 0.3) is 0 Å². The summed E-state index contributed by atoms with van der Waals surface area (Å²) in [4.78, 5) is 11.9. The molecule has 0 aliphatic heterocycles. The second-order valence-electron chi connectivity index (χ2n) is 4.23. The molecule has 0 heterocycles. The predicted octanol–water partition coefficient (Wildman–Crippen LogP) is 1.59. The van der Waals surface area contributed by atoms with Crippen molar-refractivity contribution in [3.63, 3.8) is 0 Å². The average Bonchev–Trinajstić information content (AvgIpc) is 2.46. The van der Waals surface area contributed by atoms with Crippen molar-refractivity contribution in [2.24, 2.45) is 5.14 Å². The third-order valence-electron chi connectivity index (χ3n) is 2.76. The maximum absolute atomic E-state index is 12.0. The van der Waals surface area contributed by atoms with Crippen molar-refractivity contribution in [1.82, 2.24) is 0 Å². The number of carbonyl (C=O) groups is 1. The molecular weight excluding hydrogens is 292 g/mol. The first kappa shape index (κ1) is 15.0. The lowest BCUT2D eigenvalue weighted by Crippen LogP contribution is -2.15. The van der Waals surface area contributed by atoms with Crippen LogP contribution < -0.4 is 15.2 Å². The molecule has 0 atom stereocenters. The maximum Gasteiger partial charge on any atom is 0.255 e. The fourth-order valence-electron chi connectivity index (χ4n) is 1.77. The lowest BCUT2D eigenvalue weighted by Gasteiger charge is -2.10. The zero-order valence-corrected chi connectivity index (χ0v) is 12.1. The maximum atomic E-state index is 12.0. The van der Waals surface area contributed by atoms with Crippen molar-refractivity contribution in [3.8, 4) is 5.75 Å². The molecule has 0 radical (unpaired) electrons. The number of nitrogens with one attached hydrogen (secondary N) is 1. The monoisotopic (exact) mass is 306 g/mol. The summed E-state index contributed by atoms with van der Waals surface area (Å²) in [6.45, 7) is 0. The van der Waals surface area contributed by atoms with Crippen LogP contribution in [0.5, 0.6) is 5.75 Å². The van der Waals surface area contributed by atoms with Gasteiger partial charge in [0.05, 0.1) is 7.11 Å². The van der Waals surface area contributed by atoms with Crippen molar-refractivity contribution >= 4 is 21.6 Å². The molecule has 7 heteroatoms. The first-order valence-electron chi connectivity index (χ1n) is 5.99. The van der Waals surface area contributed by atoms with Gasteiger partial charge in [0.2, 0.25) is 10.0 Å². The lowest BCUT2D eigenvalue weighted by molar-refractivity contribution is 0.102. The Morgan fingerprint density at radius 3 is 2.38 bits per heavy atom. The minimum absolute atomic E-state index is 0.0726. The molecule has 1 amide bonds. The van der Waals surface area contributed by atoms with Crippen molar-refractivity contribution in [2.75, 3.05) is 12.4 Å². The number of sulfonamides is 1. The molecule has 0 aliphatic rings. The van der Waals surface area contributed by atoms with E-state index in [2.05, 4.69) is 5.32 Å². The molecule has 2 aromatic carbocycles. The van der Waals surface area contributed by atoms with Gasteiger partial charge in [-0.05, 0) is 24.3 Å². The van der Waals surface area contributed by atoms with E-state index in [1.54, 1.807) is 30.3 Å². The Labute approximate surface area is 122 Å². The highest BCUT2D eigenvalue weighted by molar-refractivity contribution is 7.89. The van der Waals surface area contributed by atoms with Crippen LogP contribution in [-0.2, 0) is 10.0 Å². The largest absolute Gasteiger partial charge is 0.495 e. The van der Waals surface area contributed by atoms with Gasteiger partial charge < -0.3 is 10.1 Å². The van der Waals surface area contributed by atoms with Gasteiger partial charge >= 0.3 is 0 Å². The summed E-state index contributed by atoms with van der Waals surface area (Å²) in [5.41, 5.74) is 0.903. The van der Waals surface area contributed by atoms with Crippen LogP contribution >= 0.6 is 0 Å². The Morgan fingerprint density at radius 2 is 1.81 bits per heavy atom. The zero-order valence-electron chi connectivity index (χ0n) is 11.2. The number of hydrogen-bond donors (Lipinski definition) is 2. The summed E-state index contributed by atoms with van der Waals surface area (Å²) >= 11 is 0. The Bertz CT molecular complexity index is 758. The fourth-order valence-corrected chi connectivity index (χ4v) is 2.45. The predicted molar refractivity (Wildman–Crippen MR) is 78.8 cm³/mol. The summed E-state index contributed by atoms with van der Waals surface area (Å²) in [7, 11) is -2.55. The van der Waals surface area contributed by atoms with Crippen LogP contribution in [0.4, 0.5) is 5.69 Å². The number of nitrogens with two attached hydrogens (primary N) is 1. The van der Waals surface area contributed by atoms with Gasteiger partial charge in [0.1, 0.15) is 10.6 Å². The molecule has 6 nitrogen and oxygen atoms in total. The highest BCUT2D eigenvalue weighted by atomic mass is 32.2. The van der Waals surface area contributed by atoms with E-state index in [1.807, 2.05) is 0 Å². The van der Waals surface area contributed by atoms with E-state index in [0.717, 1.165) is 0 Å². The van der Waals surface area contributed by atoms with Gasteiger partial charge in [-0.1, -0.05) is 18.2 Å². The average molecular weight is 306 g/mol. The second-order valence-corrected chi connectivity index (χ2v) is 5.76. The quantitative estimate of drug-likeness (QED) is 0.896. The molecule has 2 rings (SSSR count). The van der Waals surface area contributed by atoms with Crippen LogP contribution in [-0.4, -0.2) is 21.4 Å². The SMILES string of the molecule is COc1cc(NC(=O)c2ccccc2)ccc1S(N)(=O)=O. The molecule has 2 aromatic rings. The van der Waals surface area contributed by atoms with Gasteiger partial charge in [-0.3, -0.25) is 4.79 Å². The van der Waals surface area contributed by atoms with Gasteiger partial charge in [-0.25, -0.2) is 13.6 Å². The lowest BCUT2D eigenvalue weighted by atomic mass is 10.2. The van der Waals surface area contributed by atoms with Gasteiger partial charge in [0.15, 0.2) is 0 Å². The number of benzene rings is 2. The Balaban J connectivity index is 2.28.